The first-order chi connectivity index (χ1) is 9.20. The molecule has 1 aromatic heterocycles. The highest BCUT2D eigenvalue weighted by molar-refractivity contribution is 7.81. The molecule has 1 aromatic carbocycles. The van der Waals surface area contributed by atoms with E-state index in [1.165, 1.54) is 0 Å². The fraction of sp³-hybridized carbons (Fsp3) is 0.214. The van der Waals surface area contributed by atoms with Gasteiger partial charge in [-0.25, -0.2) is 0 Å². The van der Waals surface area contributed by atoms with Crippen molar-refractivity contribution in [2.45, 2.75) is 11.7 Å². The van der Waals surface area contributed by atoms with Crippen molar-refractivity contribution in [1.29, 1.82) is 5.26 Å². The number of anilines is 1. The quantitative estimate of drug-likeness (QED) is 0.807. The fourth-order valence-corrected chi connectivity index (χ4v) is 2.72. The predicted octanol–water partition coefficient (Wildman–Crippen LogP) is 2.14. The minimum absolute atomic E-state index is 0.0136. The molecule has 1 saturated heterocycles. The molecule has 94 valence electrons. The Morgan fingerprint density at radius 1 is 1.42 bits per heavy atom. The van der Waals surface area contributed by atoms with E-state index in [9.17, 15) is 10.1 Å². The van der Waals surface area contributed by atoms with Crippen LogP contribution in [0, 0.1) is 11.3 Å². The Balaban J connectivity index is 2.20. The summed E-state index contributed by atoms with van der Waals surface area (Å²) in [7, 11) is 0. The van der Waals surface area contributed by atoms with E-state index in [4.69, 9.17) is 0 Å². The second-order valence-corrected chi connectivity index (χ2v) is 5.23. The largest absolute Gasteiger partial charge is 0.310 e. The molecule has 5 heteroatoms. The van der Waals surface area contributed by atoms with Crippen LogP contribution < -0.4 is 4.90 Å². The topological polar surface area (TPSA) is 57.0 Å². The SMILES string of the molecule is N#Cc1c(N2CC(S)CC2=O)ccc2ncccc12. The minimum atomic E-state index is 0.0136. The van der Waals surface area contributed by atoms with Crippen LogP contribution in [-0.2, 0) is 4.79 Å². The monoisotopic (exact) mass is 269 g/mol. The second kappa shape index (κ2) is 4.56. The summed E-state index contributed by atoms with van der Waals surface area (Å²) in [6, 6.07) is 9.46. The fourth-order valence-electron chi connectivity index (χ4n) is 2.40. The molecule has 0 aliphatic carbocycles. The van der Waals surface area contributed by atoms with Crippen LogP contribution in [0.15, 0.2) is 30.5 Å². The molecule has 1 atom stereocenters. The van der Waals surface area contributed by atoms with Crippen molar-refractivity contribution < 1.29 is 4.79 Å². The summed E-state index contributed by atoms with van der Waals surface area (Å²) in [5, 5.41) is 10.2. The molecule has 1 unspecified atom stereocenters. The van der Waals surface area contributed by atoms with Gasteiger partial charge in [-0.15, -0.1) is 0 Å². The number of benzene rings is 1. The Labute approximate surface area is 116 Å². The van der Waals surface area contributed by atoms with Crippen LogP contribution >= 0.6 is 12.6 Å². The number of nitriles is 1. The third-order valence-corrected chi connectivity index (χ3v) is 3.62. The van der Waals surface area contributed by atoms with Crippen molar-refractivity contribution in [3.63, 3.8) is 0 Å². The zero-order valence-corrected chi connectivity index (χ0v) is 11.0. The Hall–Kier alpha value is -2.06. The van der Waals surface area contributed by atoms with Crippen LogP contribution in [0.1, 0.15) is 12.0 Å². The molecule has 0 spiro atoms. The van der Waals surface area contributed by atoms with E-state index in [1.807, 2.05) is 12.1 Å². The maximum atomic E-state index is 11.9. The number of nitrogens with zero attached hydrogens (tertiary/aromatic N) is 3. The number of thiol groups is 1. The summed E-state index contributed by atoms with van der Waals surface area (Å²) in [6.45, 7) is 0.544. The highest BCUT2D eigenvalue weighted by Crippen LogP contribution is 2.31. The van der Waals surface area contributed by atoms with Crippen molar-refractivity contribution >= 4 is 35.1 Å². The molecule has 4 nitrogen and oxygen atoms in total. The van der Waals surface area contributed by atoms with E-state index in [2.05, 4.69) is 23.7 Å². The number of carbonyl (C=O) groups is 1. The first-order valence-electron chi connectivity index (χ1n) is 5.97. The molecule has 0 radical (unpaired) electrons. The van der Waals surface area contributed by atoms with Gasteiger partial charge in [-0.1, -0.05) is 0 Å². The van der Waals surface area contributed by atoms with Crippen LogP contribution in [0.25, 0.3) is 10.9 Å². The van der Waals surface area contributed by atoms with E-state index >= 15 is 0 Å². The number of rotatable bonds is 1. The zero-order valence-electron chi connectivity index (χ0n) is 10.1. The average Bonchev–Trinajstić information content (AvgIpc) is 2.76. The molecule has 1 fully saturated rings. The summed E-state index contributed by atoms with van der Waals surface area (Å²) in [5.41, 5.74) is 1.92. The van der Waals surface area contributed by atoms with Gasteiger partial charge in [-0.2, -0.15) is 17.9 Å². The first-order valence-corrected chi connectivity index (χ1v) is 6.48. The summed E-state index contributed by atoms with van der Waals surface area (Å²) in [5.74, 6) is 0.0136. The standard InChI is InChI=1S/C14H11N3OS/c15-7-11-10-2-1-5-16-12(10)3-4-13(11)17-8-9(19)6-14(17)18/h1-5,9,19H,6,8H2. The first kappa shape index (κ1) is 12.0. The van der Waals surface area contributed by atoms with E-state index in [0.717, 1.165) is 10.9 Å². The molecule has 2 aromatic rings. The normalized spacial score (nSPS) is 18.8. The van der Waals surface area contributed by atoms with Gasteiger partial charge in [0, 0.05) is 29.8 Å². The molecular weight excluding hydrogens is 258 g/mol. The predicted molar refractivity (Wildman–Crippen MR) is 76.2 cm³/mol. The van der Waals surface area contributed by atoms with E-state index in [0.29, 0.717) is 24.2 Å². The lowest BCUT2D eigenvalue weighted by Crippen LogP contribution is -2.25. The molecule has 2 heterocycles. The van der Waals surface area contributed by atoms with Crippen molar-refractivity contribution in [1.82, 2.24) is 4.98 Å². The van der Waals surface area contributed by atoms with Gasteiger partial charge in [0.05, 0.1) is 16.8 Å². The lowest BCUT2D eigenvalue weighted by molar-refractivity contribution is -0.117. The smallest absolute Gasteiger partial charge is 0.228 e. The lowest BCUT2D eigenvalue weighted by atomic mass is 10.1. The Kier molecular flexibility index (Phi) is 2.88. The second-order valence-electron chi connectivity index (χ2n) is 4.50. The van der Waals surface area contributed by atoms with Crippen LogP contribution in [-0.4, -0.2) is 22.7 Å². The van der Waals surface area contributed by atoms with Gasteiger partial charge in [-0.05, 0) is 24.3 Å². The Morgan fingerprint density at radius 2 is 2.26 bits per heavy atom. The number of aromatic nitrogens is 1. The Morgan fingerprint density at radius 3 is 2.95 bits per heavy atom. The van der Waals surface area contributed by atoms with Crippen LogP contribution in [0.4, 0.5) is 5.69 Å². The number of fused-ring (bicyclic) bond motifs is 1. The van der Waals surface area contributed by atoms with Crippen LogP contribution in [0.2, 0.25) is 0 Å². The summed E-state index contributed by atoms with van der Waals surface area (Å²) < 4.78 is 0. The number of amides is 1. The molecule has 1 amide bonds. The van der Waals surface area contributed by atoms with Gasteiger partial charge in [0.25, 0.3) is 0 Å². The van der Waals surface area contributed by atoms with Gasteiger partial charge in [0.2, 0.25) is 5.91 Å². The molecular formula is C14H11N3OS. The molecule has 1 aliphatic rings. The zero-order chi connectivity index (χ0) is 13.4. The Bertz CT molecular complexity index is 707. The molecule has 1 aliphatic heterocycles. The minimum Gasteiger partial charge on any atom is -0.310 e. The van der Waals surface area contributed by atoms with Gasteiger partial charge < -0.3 is 4.90 Å². The molecule has 19 heavy (non-hydrogen) atoms. The third kappa shape index (κ3) is 1.94. The van der Waals surface area contributed by atoms with Gasteiger partial charge in [0.1, 0.15) is 6.07 Å². The van der Waals surface area contributed by atoms with E-state index < -0.39 is 0 Å². The van der Waals surface area contributed by atoms with E-state index in [-0.39, 0.29) is 11.2 Å². The maximum absolute atomic E-state index is 11.9. The maximum Gasteiger partial charge on any atom is 0.228 e. The summed E-state index contributed by atoms with van der Waals surface area (Å²) in [4.78, 5) is 17.8. The molecule has 0 N–H and O–H groups in total. The molecule has 3 rings (SSSR count). The molecule has 0 saturated carbocycles. The lowest BCUT2D eigenvalue weighted by Gasteiger charge is -2.18. The van der Waals surface area contributed by atoms with Gasteiger partial charge >= 0.3 is 0 Å². The van der Waals surface area contributed by atoms with Crippen molar-refractivity contribution in [3.8, 4) is 6.07 Å². The molecule has 0 bridgehead atoms. The van der Waals surface area contributed by atoms with Crippen molar-refractivity contribution in [3.05, 3.63) is 36.0 Å². The third-order valence-electron chi connectivity index (χ3n) is 3.27. The van der Waals surface area contributed by atoms with Gasteiger partial charge in [-0.3, -0.25) is 9.78 Å². The van der Waals surface area contributed by atoms with Crippen LogP contribution in [0.5, 0.6) is 0 Å². The number of hydrogen-bond donors (Lipinski definition) is 1. The van der Waals surface area contributed by atoms with Crippen molar-refractivity contribution in [2.75, 3.05) is 11.4 Å². The van der Waals surface area contributed by atoms with Crippen LogP contribution in [0.3, 0.4) is 0 Å². The number of hydrogen-bond acceptors (Lipinski definition) is 4. The average molecular weight is 269 g/mol. The number of carbonyl (C=O) groups excluding carboxylic acids is 1. The summed E-state index contributed by atoms with van der Waals surface area (Å²) >= 11 is 4.34. The summed E-state index contributed by atoms with van der Waals surface area (Å²) in [6.07, 6.45) is 2.10. The highest BCUT2D eigenvalue weighted by Gasteiger charge is 2.30. The van der Waals surface area contributed by atoms with Gasteiger partial charge in [0.15, 0.2) is 0 Å². The number of pyridine rings is 1. The highest BCUT2D eigenvalue weighted by atomic mass is 32.1. The van der Waals surface area contributed by atoms with E-state index in [1.54, 1.807) is 23.2 Å². The van der Waals surface area contributed by atoms with Crippen molar-refractivity contribution in [2.24, 2.45) is 0 Å².